The lowest BCUT2D eigenvalue weighted by molar-refractivity contribution is -0.0126. The molecule has 0 radical (unpaired) electrons. The number of aliphatic hydroxyl groups is 1. The number of ether oxygens (including phenoxy) is 1. The summed E-state index contributed by atoms with van der Waals surface area (Å²) in [6, 6.07) is 0. The van der Waals surface area contributed by atoms with Crippen molar-refractivity contribution in [2.24, 2.45) is 5.92 Å². The lowest BCUT2D eigenvalue weighted by atomic mass is 9.92. The fraction of sp³-hybridized carbons (Fsp3) is 1.00. The Labute approximate surface area is 113 Å². The second-order valence-corrected chi connectivity index (χ2v) is 5.81. The van der Waals surface area contributed by atoms with Crippen LogP contribution >= 0.6 is 0 Å². The summed E-state index contributed by atoms with van der Waals surface area (Å²) in [5.41, 5.74) is 0. The molecule has 0 bridgehead atoms. The highest BCUT2D eigenvalue weighted by Gasteiger charge is 2.21. The molecule has 1 heterocycles. The molecule has 0 aliphatic carbocycles. The van der Waals surface area contributed by atoms with Crippen LogP contribution in [0.1, 0.15) is 77.6 Å². The smallest absolute Gasteiger partial charge is 0.0590 e. The van der Waals surface area contributed by atoms with E-state index < -0.39 is 0 Å². The Kier molecular flexibility index (Phi) is 9.59. The molecular formula is C16H32O2. The summed E-state index contributed by atoms with van der Waals surface area (Å²) in [5, 5.41) is 10.1. The average Bonchev–Trinajstić information content (AvgIpc) is 2.42. The Morgan fingerprint density at radius 3 is 2.33 bits per heavy atom. The topological polar surface area (TPSA) is 29.5 Å². The van der Waals surface area contributed by atoms with E-state index in [-0.39, 0.29) is 6.10 Å². The lowest BCUT2D eigenvalue weighted by Crippen LogP contribution is -2.28. The highest BCUT2D eigenvalue weighted by molar-refractivity contribution is 4.71. The van der Waals surface area contributed by atoms with Gasteiger partial charge >= 0.3 is 0 Å². The Morgan fingerprint density at radius 1 is 1.06 bits per heavy atom. The highest BCUT2D eigenvalue weighted by atomic mass is 16.5. The predicted octanol–water partition coefficient (Wildman–Crippen LogP) is 4.30. The Hall–Kier alpha value is -0.0800. The van der Waals surface area contributed by atoms with E-state index in [9.17, 15) is 5.11 Å². The van der Waals surface area contributed by atoms with Crippen LogP contribution in [0.25, 0.3) is 0 Å². The van der Waals surface area contributed by atoms with E-state index in [4.69, 9.17) is 4.74 Å². The number of rotatable bonds is 10. The summed E-state index contributed by atoms with van der Waals surface area (Å²) in [5.74, 6) is 0.406. The minimum Gasteiger partial charge on any atom is -0.393 e. The number of unbranched alkanes of at least 4 members (excludes halogenated alkanes) is 7. The van der Waals surface area contributed by atoms with Gasteiger partial charge in [-0.3, -0.25) is 0 Å². The molecule has 0 amide bonds. The van der Waals surface area contributed by atoms with E-state index in [1.54, 1.807) is 0 Å². The first-order valence-corrected chi connectivity index (χ1v) is 8.10. The van der Waals surface area contributed by atoms with Gasteiger partial charge in [0.05, 0.1) is 12.7 Å². The summed E-state index contributed by atoms with van der Waals surface area (Å²) in [7, 11) is 0. The molecule has 1 saturated heterocycles. The molecule has 0 aromatic carbocycles. The van der Waals surface area contributed by atoms with Crippen molar-refractivity contribution in [1.82, 2.24) is 0 Å². The fourth-order valence-corrected chi connectivity index (χ4v) is 2.79. The minimum absolute atomic E-state index is 0.120. The average molecular weight is 256 g/mol. The van der Waals surface area contributed by atoms with Gasteiger partial charge < -0.3 is 9.84 Å². The summed E-state index contributed by atoms with van der Waals surface area (Å²) >= 11 is 0. The second kappa shape index (κ2) is 10.8. The maximum Gasteiger partial charge on any atom is 0.0590 e. The third-order valence-corrected chi connectivity index (χ3v) is 4.09. The molecule has 0 aromatic rings. The van der Waals surface area contributed by atoms with Gasteiger partial charge in [-0.25, -0.2) is 0 Å². The summed E-state index contributed by atoms with van der Waals surface area (Å²) in [6.07, 6.45) is 13.8. The number of hydrogen-bond acceptors (Lipinski definition) is 2. The molecular weight excluding hydrogens is 224 g/mol. The minimum atomic E-state index is -0.120. The molecule has 18 heavy (non-hydrogen) atoms. The first-order valence-electron chi connectivity index (χ1n) is 8.10. The van der Waals surface area contributed by atoms with Crippen LogP contribution in [0.3, 0.4) is 0 Å². The normalized spacial score (nSPS) is 22.0. The van der Waals surface area contributed by atoms with Crippen LogP contribution in [0.15, 0.2) is 0 Å². The Morgan fingerprint density at radius 2 is 1.72 bits per heavy atom. The molecule has 1 aliphatic heterocycles. The quantitative estimate of drug-likeness (QED) is 0.590. The zero-order chi connectivity index (χ0) is 13.1. The van der Waals surface area contributed by atoms with Gasteiger partial charge in [-0.1, -0.05) is 58.3 Å². The maximum atomic E-state index is 10.1. The molecule has 108 valence electrons. The summed E-state index contributed by atoms with van der Waals surface area (Å²) in [6.45, 7) is 3.93. The van der Waals surface area contributed by atoms with Crippen molar-refractivity contribution in [2.75, 3.05) is 13.2 Å². The van der Waals surface area contributed by atoms with Gasteiger partial charge in [0, 0.05) is 12.5 Å². The molecule has 1 rings (SSSR count). The molecule has 2 unspecified atom stereocenters. The van der Waals surface area contributed by atoms with Crippen LogP contribution in [0.2, 0.25) is 0 Å². The molecule has 2 atom stereocenters. The Bertz CT molecular complexity index is 176. The largest absolute Gasteiger partial charge is 0.393 e. The van der Waals surface area contributed by atoms with Gasteiger partial charge in [0.15, 0.2) is 0 Å². The van der Waals surface area contributed by atoms with Gasteiger partial charge in [0.1, 0.15) is 0 Å². The van der Waals surface area contributed by atoms with E-state index in [0.717, 1.165) is 32.5 Å². The second-order valence-electron chi connectivity index (χ2n) is 5.81. The molecule has 1 fully saturated rings. The van der Waals surface area contributed by atoms with Gasteiger partial charge in [0.25, 0.3) is 0 Å². The third kappa shape index (κ3) is 7.38. The van der Waals surface area contributed by atoms with Crippen LogP contribution < -0.4 is 0 Å². The predicted molar refractivity (Wildman–Crippen MR) is 76.8 cm³/mol. The zero-order valence-corrected chi connectivity index (χ0v) is 12.2. The molecule has 2 nitrogen and oxygen atoms in total. The van der Waals surface area contributed by atoms with Crippen molar-refractivity contribution in [3.8, 4) is 0 Å². The molecule has 1 aliphatic rings. The van der Waals surface area contributed by atoms with Gasteiger partial charge in [0.2, 0.25) is 0 Å². The summed E-state index contributed by atoms with van der Waals surface area (Å²) < 4.78 is 5.43. The fourth-order valence-electron chi connectivity index (χ4n) is 2.79. The molecule has 2 heteroatoms. The van der Waals surface area contributed by atoms with Crippen LogP contribution in [0, 0.1) is 5.92 Å². The molecule has 0 saturated carbocycles. The van der Waals surface area contributed by atoms with E-state index in [1.165, 1.54) is 51.4 Å². The maximum absolute atomic E-state index is 10.1. The lowest BCUT2D eigenvalue weighted by Gasteiger charge is -2.26. The van der Waals surface area contributed by atoms with Crippen molar-refractivity contribution in [3.05, 3.63) is 0 Å². The first-order chi connectivity index (χ1) is 8.84. The van der Waals surface area contributed by atoms with Crippen molar-refractivity contribution in [3.63, 3.8) is 0 Å². The van der Waals surface area contributed by atoms with Gasteiger partial charge in [-0.15, -0.1) is 0 Å². The molecule has 0 spiro atoms. The highest BCUT2D eigenvalue weighted by Crippen LogP contribution is 2.21. The van der Waals surface area contributed by atoms with Crippen LogP contribution in [-0.2, 0) is 4.74 Å². The van der Waals surface area contributed by atoms with Gasteiger partial charge in [-0.05, 0) is 19.3 Å². The number of aliphatic hydroxyl groups excluding tert-OH is 1. The zero-order valence-electron chi connectivity index (χ0n) is 12.2. The molecule has 0 aromatic heterocycles. The van der Waals surface area contributed by atoms with E-state index in [2.05, 4.69) is 6.92 Å². The molecule has 1 N–H and O–H groups in total. The first kappa shape index (κ1) is 16.0. The van der Waals surface area contributed by atoms with E-state index in [1.807, 2.05) is 0 Å². The van der Waals surface area contributed by atoms with Crippen molar-refractivity contribution in [1.29, 1.82) is 0 Å². The van der Waals surface area contributed by atoms with Crippen molar-refractivity contribution < 1.29 is 9.84 Å². The van der Waals surface area contributed by atoms with E-state index >= 15 is 0 Å². The van der Waals surface area contributed by atoms with Crippen LogP contribution in [-0.4, -0.2) is 24.4 Å². The monoisotopic (exact) mass is 256 g/mol. The van der Waals surface area contributed by atoms with Crippen molar-refractivity contribution in [2.45, 2.75) is 83.7 Å². The van der Waals surface area contributed by atoms with Gasteiger partial charge in [-0.2, -0.15) is 0 Å². The third-order valence-electron chi connectivity index (χ3n) is 4.09. The Balaban J connectivity index is 1.87. The van der Waals surface area contributed by atoms with E-state index in [0.29, 0.717) is 5.92 Å². The summed E-state index contributed by atoms with van der Waals surface area (Å²) in [4.78, 5) is 0. The standard InChI is InChI=1S/C16H32O2/c1-2-3-4-5-6-7-8-9-12-16(17)15-11-10-13-18-14-15/h15-17H,2-14H2,1H3. The van der Waals surface area contributed by atoms with Crippen molar-refractivity contribution >= 4 is 0 Å². The van der Waals surface area contributed by atoms with Crippen LogP contribution in [0.4, 0.5) is 0 Å². The van der Waals surface area contributed by atoms with Crippen LogP contribution in [0.5, 0.6) is 0 Å². The number of hydrogen-bond donors (Lipinski definition) is 1. The SMILES string of the molecule is CCCCCCCCCCC(O)C1CCCOC1.